The van der Waals surface area contributed by atoms with E-state index in [9.17, 15) is 0 Å². The van der Waals surface area contributed by atoms with Gasteiger partial charge in [-0.3, -0.25) is 0 Å². The van der Waals surface area contributed by atoms with Crippen molar-refractivity contribution in [2.75, 3.05) is 11.9 Å². The Labute approximate surface area is 54.9 Å². The molecule has 0 fully saturated rings. The minimum atomic E-state index is 0.928. The van der Waals surface area contributed by atoms with Gasteiger partial charge in [-0.15, -0.1) is 0 Å². The molecule has 0 amide bonds. The van der Waals surface area contributed by atoms with Gasteiger partial charge < -0.3 is 5.32 Å². The Kier molecular flexibility index (Phi) is 2.07. The Morgan fingerprint density at radius 2 is 2.44 bits per heavy atom. The Bertz CT molecular complexity index is 160. The summed E-state index contributed by atoms with van der Waals surface area (Å²) in [6.45, 7) is 2.98. The fourth-order valence-electron chi connectivity index (χ4n) is 0.648. The number of anilines is 1. The topological polar surface area (TPSA) is 24.9 Å². The third kappa shape index (κ3) is 1.72. The molecule has 1 N–H and O–H groups in total. The first-order chi connectivity index (χ1) is 4.43. The van der Waals surface area contributed by atoms with E-state index in [1.54, 1.807) is 6.20 Å². The summed E-state index contributed by atoms with van der Waals surface area (Å²) in [6, 6.07) is 5.81. The molecule has 1 rings (SSSR count). The van der Waals surface area contributed by atoms with Gasteiger partial charge in [0.1, 0.15) is 5.82 Å². The van der Waals surface area contributed by atoms with E-state index in [1.807, 2.05) is 18.2 Å². The van der Waals surface area contributed by atoms with Gasteiger partial charge in [-0.1, -0.05) is 6.07 Å². The predicted octanol–water partition coefficient (Wildman–Crippen LogP) is 1.51. The van der Waals surface area contributed by atoms with E-state index < -0.39 is 0 Å². The summed E-state index contributed by atoms with van der Waals surface area (Å²) < 4.78 is 0. The summed E-state index contributed by atoms with van der Waals surface area (Å²) in [4.78, 5) is 4.06. The molecule has 1 heterocycles. The van der Waals surface area contributed by atoms with Gasteiger partial charge in [0.2, 0.25) is 0 Å². The lowest BCUT2D eigenvalue weighted by Gasteiger charge is -1.97. The molecule has 0 bridgehead atoms. The van der Waals surface area contributed by atoms with Crippen molar-refractivity contribution in [3.8, 4) is 0 Å². The highest BCUT2D eigenvalue weighted by Gasteiger charge is 1.83. The lowest BCUT2D eigenvalue weighted by Crippen LogP contribution is -1.97. The van der Waals surface area contributed by atoms with Crippen LogP contribution in [0.2, 0.25) is 0 Å². The zero-order valence-electron chi connectivity index (χ0n) is 5.46. The number of aromatic nitrogens is 1. The van der Waals surface area contributed by atoms with Gasteiger partial charge in [0.15, 0.2) is 0 Å². The summed E-state index contributed by atoms with van der Waals surface area (Å²) in [5, 5.41) is 3.10. The van der Waals surface area contributed by atoms with Crippen LogP contribution >= 0.6 is 0 Å². The summed E-state index contributed by atoms with van der Waals surface area (Å²) in [5.41, 5.74) is 0. The molecule has 0 saturated heterocycles. The molecule has 1 aromatic heterocycles. The molecule has 0 aliphatic rings. The van der Waals surface area contributed by atoms with Crippen LogP contribution in [-0.4, -0.2) is 11.5 Å². The molecule has 1 aromatic rings. The van der Waals surface area contributed by atoms with E-state index >= 15 is 0 Å². The van der Waals surface area contributed by atoms with Gasteiger partial charge in [-0.05, 0) is 19.1 Å². The normalized spacial score (nSPS) is 9.00. The molecule has 0 aromatic carbocycles. The zero-order valence-corrected chi connectivity index (χ0v) is 5.46. The van der Waals surface area contributed by atoms with Gasteiger partial charge in [-0.2, -0.15) is 0 Å². The third-order valence-corrected chi connectivity index (χ3v) is 1.02. The number of nitrogens with one attached hydrogen (secondary N) is 1. The first-order valence-electron chi connectivity index (χ1n) is 3.08. The van der Waals surface area contributed by atoms with Crippen molar-refractivity contribution in [3.63, 3.8) is 0 Å². The van der Waals surface area contributed by atoms with Crippen molar-refractivity contribution in [3.05, 3.63) is 24.4 Å². The molecular weight excluding hydrogens is 112 g/mol. The molecule has 0 radical (unpaired) electrons. The van der Waals surface area contributed by atoms with Gasteiger partial charge >= 0.3 is 0 Å². The smallest absolute Gasteiger partial charge is 0.125 e. The van der Waals surface area contributed by atoms with Crippen LogP contribution in [0.3, 0.4) is 0 Å². The standard InChI is InChI=1S/C7H10N2/c1-2-8-7-5-3-4-6-9-7/h3-6H,2H2,1H3,(H,8,9). The molecule has 9 heavy (non-hydrogen) atoms. The second-order valence-electron chi connectivity index (χ2n) is 1.75. The van der Waals surface area contributed by atoms with Crippen molar-refractivity contribution in [1.82, 2.24) is 4.98 Å². The monoisotopic (exact) mass is 122 g/mol. The second-order valence-corrected chi connectivity index (χ2v) is 1.75. The fourth-order valence-corrected chi connectivity index (χ4v) is 0.648. The van der Waals surface area contributed by atoms with Crippen molar-refractivity contribution in [1.29, 1.82) is 0 Å². The van der Waals surface area contributed by atoms with E-state index in [-0.39, 0.29) is 0 Å². The number of hydrogen-bond donors (Lipinski definition) is 1. The molecule has 0 saturated carbocycles. The number of hydrogen-bond acceptors (Lipinski definition) is 2. The van der Waals surface area contributed by atoms with E-state index in [1.165, 1.54) is 0 Å². The van der Waals surface area contributed by atoms with E-state index in [2.05, 4.69) is 17.2 Å². The lowest BCUT2D eigenvalue weighted by atomic mass is 10.5. The Morgan fingerprint density at radius 1 is 1.56 bits per heavy atom. The zero-order chi connectivity index (χ0) is 6.53. The highest BCUT2D eigenvalue weighted by atomic mass is 15.0. The van der Waals surface area contributed by atoms with Crippen LogP contribution in [0.15, 0.2) is 24.4 Å². The Morgan fingerprint density at radius 3 is 3.00 bits per heavy atom. The molecule has 2 nitrogen and oxygen atoms in total. The maximum atomic E-state index is 4.06. The van der Waals surface area contributed by atoms with Crippen LogP contribution in [0.5, 0.6) is 0 Å². The van der Waals surface area contributed by atoms with Crippen molar-refractivity contribution in [2.45, 2.75) is 6.92 Å². The minimum Gasteiger partial charge on any atom is -0.370 e. The van der Waals surface area contributed by atoms with Gasteiger partial charge in [-0.25, -0.2) is 4.98 Å². The summed E-state index contributed by atoms with van der Waals surface area (Å²) in [6.07, 6.45) is 1.78. The molecule has 2 heteroatoms. The van der Waals surface area contributed by atoms with Crippen LogP contribution in [0, 0.1) is 0 Å². The van der Waals surface area contributed by atoms with E-state index in [0.29, 0.717) is 0 Å². The molecule has 0 atom stereocenters. The predicted molar refractivity (Wildman–Crippen MR) is 38.4 cm³/mol. The highest BCUT2D eigenvalue weighted by Crippen LogP contribution is 1.97. The fraction of sp³-hybridized carbons (Fsp3) is 0.286. The van der Waals surface area contributed by atoms with Crippen LogP contribution in [0.4, 0.5) is 5.82 Å². The maximum Gasteiger partial charge on any atom is 0.125 e. The van der Waals surface area contributed by atoms with Crippen molar-refractivity contribution < 1.29 is 0 Å². The third-order valence-electron chi connectivity index (χ3n) is 1.02. The molecule has 0 spiro atoms. The number of rotatable bonds is 2. The molecule has 0 aliphatic heterocycles. The minimum absolute atomic E-state index is 0.928. The van der Waals surface area contributed by atoms with E-state index in [4.69, 9.17) is 0 Å². The van der Waals surface area contributed by atoms with Crippen LogP contribution in [0.25, 0.3) is 0 Å². The van der Waals surface area contributed by atoms with Crippen LogP contribution < -0.4 is 5.32 Å². The Balaban J connectivity index is 2.61. The van der Waals surface area contributed by atoms with Crippen molar-refractivity contribution >= 4 is 5.82 Å². The quantitative estimate of drug-likeness (QED) is 0.643. The van der Waals surface area contributed by atoms with Gasteiger partial charge in [0.25, 0.3) is 0 Å². The SMILES string of the molecule is CCNc1ccccn1. The van der Waals surface area contributed by atoms with Crippen LogP contribution in [0.1, 0.15) is 6.92 Å². The van der Waals surface area contributed by atoms with Crippen LogP contribution in [-0.2, 0) is 0 Å². The first kappa shape index (κ1) is 6.08. The number of pyridine rings is 1. The largest absolute Gasteiger partial charge is 0.370 e. The summed E-state index contributed by atoms with van der Waals surface area (Å²) in [5.74, 6) is 0.944. The second kappa shape index (κ2) is 3.07. The van der Waals surface area contributed by atoms with Gasteiger partial charge in [0.05, 0.1) is 0 Å². The molecule has 0 aliphatic carbocycles. The maximum absolute atomic E-state index is 4.06. The Hall–Kier alpha value is -1.05. The lowest BCUT2D eigenvalue weighted by molar-refractivity contribution is 1.16. The summed E-state index contributed by atoms with van der Waals surface area (Å²) >= 11 is 0. The first-order valence-corrected chi connectivity index (χ1v) is 3.08. The average molecular weight is 122 g/mol. The highest BCUT2D eigenvalue weighted by molar-refractivity contribution is 5.32. The molecule has 0 unspecified atom stereocenters. The molecular formula is C7H10N2. The number of nitrogens with zero attached hydrogens (tertiary/aromatic N) is 1. The van der Waals surface area contributed by atoms with E-state index in [0.717, 1.165) is 12.4 Å². The molecule has 48 valence electrons. The van der Waals surface area contributed by atoms with Gasteiger partial charge in [0, 0.05) is 12.7 Å². The van der Waals surface area contributed by atoms with Crippen molar-refractivity contribution in [2.24, 2.45) is 0 Å². The average Bonchev–Trinajstić information content (AvgIpc) is 1.91. The summed E-state index contributed by atoms with van der Waals surface area (Å²) in [7, 11) is 0.